The maximum Gasteiger partial charge on any atom is 0.266 e. The van der Waals surface area contributed by atoms with Crippen LogP contribution in [0.1, 0.15) is 5.56 Å². The van der Waals surface area contributed by atoms with Crippen LogP contribution in [-0.2, 0) is 14.3 Å². The monoisotopic (exact) mass is 537 g/mol. The fourth-order valence-electron chi connectivity index (χ4n) is 2.86. The van der Waals surface area contributed by atoms with Gasteiger partial charge in [-0.25, -0.2) is 0 Å². The summed E-state index contributed by atoms with van der Waals surface area (Å²) in [6.07, 6.45) is 1.44. The zero-order valence-corrected chi connectivity index (χ0v) is 19.8. The van der Waals surface area contributed by atoms with Crippen LogP contribution in [0.25, 0.3) is 6.08 Å². The topological polar surface area (TPSA) is 91.7 Å². The molecule has 2 aromatic carbocycles. The van der Waals surface area contributed by atoms with E-state index in [0.29, 0.717) is 52.8 Å². The minimum absolute atomic E-state index is 0.0957. The lowest BCUT2D eigenvalue weighted by atomic mass is 10.1. The third-order valence-electron chi connectivity index (χ3n) is 4.53. The van der Waals surface area contributed by atoms with Gasteiger partial charge in [-0.15, -0.1) is 0 Å². The Hall–Kier alpha value is -2.57. The Kier molecular flexibility index (Phi) is 8.53. The average molecular weight is 539 g/mol. The van der Waals surface area contributed by atoms with Crippen molar-refractivity contribution in [1.29, 1.82) is 5.26 Å². The first-order valence-corrected chi connectivity index (χ1v) is 11.1. The van der Waals surface area contributed by atoms with Crippen molar-refractivity contribution in [3.8, 4) is 11.8 Å². The van der Waals surface area contributed by atoms with Gasteiger partial charge < -0.3 is 19.7 Å². The molecule has 1 saturated heterocycles. The summed E-state index contributed by atoms with van der Waals surface area (Å²) in [5, 5.41) is 12.7. The Balaban J connectivity index is 1.66. The first kappa shape index (κ1) is 24.1. The summed E-state index contributed by atoms with van der Waals surface area (Å²) in [5.41, 5.74) is 0.828. The number of halogens is 3. The van der Waals surface area contributed by atoms with Crippen molar-refractivity contribution >= 4 is 62.7 Å². The summed E-state index contributed by atoms with van der Waals surface area (Å²) in [6.45, 7) is 2.05. The molecule has 32 heavy (non-hydrogen) atoms. The van der Waals surface area contributed by atoms with E-state index < -0.39 is 5.91 Å². The van der Waals surface area contributed by atoms with E-state index in [4.69, 9.17) is 32.7 Å². The number of amides is 2. The van der Waals surface area contributed by atoms with Crippen LogP contribution in [-0.4, -0.2) is 49.6 Å². The predicted octanol–water partition coefficient (Wildman–Crippen LogP) is 4.54. The number of nitrogens with zero attached hydrogens (tertiary/aromatic N) is 2. The smallest absolute Gasteiger partial charge is 0.266 e. The first-order valence-electron chi connectivity index (χ1n) is 9.53. The number of hydrogen-bond acceptors (Lipinski definition) is 5. The van der Waals surface area contributed by atoms with Crippen molar-refractivity contribution in [3.05, 3.63) is 62.1 Å². The van der Waals surface area contributed by atoms with E-state index in [0.717, 1.165) is 0 Å². The molecule has 1 N–H and O–H groups in total. The molecule has 10 heteroatoms. The molecule has 0 radical (unpaired) electrons. The van der Waals surface area contributed by atoms with Crippen molar-refractivity contribution in [2.75, 3.05) is 38.2 Å². The van der Waals surface area contributed by atoms with Gasteiger partial charge in [-0.1, -0.05) is 29.3 Å². The normalized spacial score (nSPS) is 13.9. The van der Waals surface area contributed by atoms with Gasteiger partial charge >= 0.3 is 0 Å². The van der Waals surface area contributed by atoms with Crippen LogP contribution in [0.4, 0.5) is 5.69 Å². The van der Waals surface area contributed by atoms with Gasteiger partial charge in [0.25, 0.3) is 11.8 Å². The molecule has 0 aliphatic carbocycles. The zero-order chi connectivity index (χ0) is 23.1. The summed E-state index contributed by atoms with van der Waals surface area (Å²) in [5.74, 6) is -0.252. The lowest BCUT2D eigenvalue weighted by molar-refractivity contribution is -0.137. The van der Waals surface area contributed by atoms with Crippen molar-refractivity contribution in [3.63, 3.8) is 0 Å². The maximum absolute atomic E-state index is 12.5. The molecule has 0 bridgehead atoms. The highest BCUT2D eigenvalue weighted by Crippen LogP contribution is 2.28. The zero-order valence-electron chi connectivity index (χ0n) is 16.7. The van der Waals surface area contributed by atoms with E-state index >= 15 is 0 Å². The minimum Gasteiger partial charge on any atom is -0.483 e. The van der Waals surface area contributed by atoms with Gasteiger partial charge in [0.05, 0.1) is 28.4 Å². The highest BCUT2D eigenvalue weighted by molar-refractivity contribution is 9.10. The number of anilines is 1. The second-order valence-electron chi connectivity index (χ2n) is 6.72. The summed E-state index contributed by atoms with van der Waals surface area (Å²) in [6, 6.07) is 11.5. The van der Waals surface area contributed by atoms with Gasteiger partial charge in [-0.3, -0.25) is 9.59 Å². The third-order valence-corrected chi connectivity index (χ3v) is 5.69. The molecule has 2 amide bonds. The van der Waals surface area contributed by atoms with Gasteiger partial charge in [0.1, 0.15) is 17.4 Å². The molecule has 0 saturated carbocycles. The average Bonchev–Trinajstić information content (AvgIpc) is 2.79. The van der Waals surface area contributed by atoms with Crippen LogP contribution >= 0.6 is 39.1 Å². The molecule has 0 unspecified atom stereocenters. The number of carbonyl (C=O) groups is 2. The summed E-state index contributed by atoms with van der Waals surface area (Å²) in [4.78, 5) is 26.4. The van der Waals surface area contributed by atoms with Gasteiger partial charge in [0.2, 0.25) is 0 Å². The molecule has 0 aromatic heterocycles. The fourth-order valence-corrected chi connectivity index (χ4v) is 3.83. The van der Waals surface area contributed by atoms with E-state index in [1.807, 2.05) is 6.07 Å². The van der Waals surface area contributed by atoms with Crippen LogP contribution < -0.4 is 10.1 Å². The molecule has 0 spiro atoms. The molecule has 0 atom stereocenters. The number of nitriles is 1. The number of benzene rings is 2. The molecular formula is C22H18BrCl2N3O4. The molecule has 7 nitrogen and oxygen atoms in total. The molecule has 1 aliphatic rings. The Morgan fingerprint density at radius 2 is 1.97 bits per heavy atom. The second-order valence-corrected chi connectivity index (χ2v) is 8.42. The van der Waals surface area contributed by atoms with Crippen LogP contribution in [0.15, 0.2) is 46.4 Å². The molecule has 1 heterocycles. The molecular weight excluding hydrogens is 521 g/mol. The van der Waals surface area contributed by atoms with Crippen LogP contribution in [0.3, 0.4) is 0 Å². The van der Waals surface area contributed by atoms with Crippen molar-refractivity contribution in [2.24, 2.45) is 0 Å². The largest absolute Gasteiger partial charge is 0.483 e. The Morgan fingerprint density at radius 1 is 1.22 bits per heavy atom. The number of ether oxygens (including phenoxy) is 2. The fraction of sp³-hybridized carbons (Fsp3) is 0.227. The molecule has 1 aliphatic heterocycles. The van der Waals surface area contributed by atoms with E-state index in [9.17, 15) is 14.9 Å². The Labute approximate surface area is 203 Å². The number of hydrogen-bond donors (Lipinski definition) is 1. The Morgan fingerprint density at radius 3 is 2.62 bits per heavy atom. The summed E-state index contributed by atoms with van der Waals surface area (Å²) in [7, 11) is 0. The molecule has 3 rings (SSSR count). The van der Waals surface area contributed by atoms with E-state index in [1.165, 1.54) is 12.1 Å². The van der Waals surface area contributed by atoms with E-state index in [1.54, 1.807) is 35.2 Å². The first-order chi connectivity index (χ1) is 15.4. The summed E-state index contributed by atoms with van der Waals surface area (Å²) < 4.78 is 11.4. The molecule has 1 fully saturated rings. The SMILES string of the molecule is N#C/C(=C/c1ccc(OCC(=O)N2CCOCC2)c(Br)c1)C(=O)Nc1ccc(Cl)cc1Cl. The standard InChI is InChI=1S/C22H18BrCl2N3O4/c23-17-10-14(1-4-20(17)32-13-21(29)28-5-7-31-8-6-28)9-15(12-26)22(30)27-19-3-2-16(24)11-18(19)25/h1-4,9-11H,5-8,13H2,(H,27,30)/b15-9-. The minimum atomic E-state index is -0.607. The van der Waals surface area contributed by atoms with Crippen molar-refractivity contribution in [2.45, 2.75) is 0 Å². The van der Waals surface area contributed by atoms with Crippen LogP contribution in [0.2, 0.25) is 10.0 Å². The van der Waals surface area contributed by atoms with Crippen LogP contribution in [0.5, 0.6) is 5.75 Å². The Bertz CT molecular complexity index is 1100. The van der Waals surface area contributed by atoms with Gasteiger partial charge in [0.15, 0.2) is 6.61 Å². The molecule has 2 aromatic rings. The number of carbonyl (C=O) groups excluding carboxylic acids is 2. The quantitative estimate of drug-likeness (QED) is 0.430. The number of nitrogens with one attached hydrogen (secondary N) is 1. The lowest BCUT2D eigenvalue weighted by Gasteiger charge is -2.26. The van der Waals surface area contributed by atoms with Crippen LogP contribution in [0, 0.1) is 11.3 Å². The number of morpholine rings is 1. The van der Waals surface area contributed by atoms with E-state index in [-0.39, 0.29) is 23.1 Å². The summed E-state index contributed by atoms with van der Waals surface area (Å²) >= 11 is 15.3. The number of rotatable bonds is 6. The van der Waals surface area contributed by atoms with Gasteiger partial charge in [0, 0.05) is 18.1 Å². The highest BCUT2D eigenvalue weighted by Gasteiger charge is 2.18. The lowest BCUT2D eigenvalue weighted by Crippen LogP contribution is -2.43. The molecule has 166 valence electrons. The van der Waals surface area contributed by atoms with Crippen molar-refractivity contribution in [1.82, 2.24) is 4.90 Å². The highest BCUT2D eigenvalue weighted by atomic mass is 79.9. The van der Waals surface area contributed by atoms with E-state index in [2.05, 4.69) is 21.2 Å². The van der Waals surface area contributed by atoms with Gasteiger partial charge in [-0.05, 0) is 57.9 Å². The van der Waals surface area contributed by atoms with Crippen molar-refractivity contribution < 1.29 is 19.1 Å². The predicted molar refractivity (Wildman–Crippen MR) is 126 cm³/mol. The second kappa shape index (κ2) is 11.3. The third kappa shape index (κ3) is 6.47. The van der Waals surface area contributed by atoms with Gasteiger partial charge in [-0.2, -0.15) is 5.26 Å². The maximum atomic E-state index is 12.5.